The quantitative estimate of drug-likeness (QED) is 0.0791. The molecule has 31 heteroatoms. The molecule has 6 heterocycles. The van der Waals surface area contributed by atoms with Crippen LogP contribution in [0.3, 0.4) is 0 Å². The van der Waals surface area contributed by atoms with Gasteiger partial charge in [0.25, 0.3) is 34.6 Å². The van der Waals surface area contributed by atoms with Gasteiger partial charge in [0, 0.05) is 14.2 Å². The number of hydrogen-bond donors (Lipinski definition) is 6. The van der Waals surface area contributed by atoms with Crippen LogP contribution in [0.5, 0.6) is 0 Å². The molecule has 0 aromatic carbocycles. The first-order chi connectivity index (χ1) is 26.1. The molecular weight excluding hydrogens is 821 g/mol. The lowest BCUT2D eigenvalue weighted by atomic mass is 10.1. The number of phosphoric acid groups is 3. The summed E-state index contributed by atoms with van der Waals surface area (Å²) in [7, 11) is -15.6. The summed E-state index contributed by atoms with van der Waals surface area (Å²) in [5, 5.41) is 22.0. The van der Waals surface area contributed by atoms with Gasteiger partial charge in [0.15, 0.2) is 29.4 Å². The highest BCUT2D eigenvalue weighted by molar-refractivity contribution is 7.65. The Labute approximate surface area is 314 Å². The van der Waals surface area contributed by atoms with Crippen LogP contribution >= 0.6 is 23.5 Å². The minimum atomic E-state index is -6.34. The van der Waals surface area contributed by atoms with Gasteiger partial charge in [-0.25, -0.2) is 13.6 Å². The van der Waals surface area contributed by atoms with Crippen molar-refractivity contribution >= 4 is 58.0 Å². The van der Waals surface area contributed by atoms with Crippen molar-refractivity contribution in [1.82, 2.24) is 29.5 Å². The molecule has 3 aromatic rings. The highest BCUT2D eigenvalue weighted by atomic mass is 31.3. The van der Waals surface area contributed by atoms with Gasteiger partial charge in [0.2, 0.25) is 11.9 Å². The van der Waals surface area contributed by atoms with E-state index in [-0.39, 0.29) is 41.2 Å². The minimum absolute atomic E-state index is 0.0334. The zero-order chi connectivity index (χ0) is 41.1. The van der Waals surface area contributed by atoms with Crippen LogP contribution in [0, 0.1) is 0 Å². The van der Waals surface area contributed by atoms with Crippen molar-refractivity contribution < 1.29 is 75.2 Å². The van der Waals surface area contributed by atoms with Gasteiger partial charge in [-0.2, -0.15) is 9.97 Å². The highest BCUT2D eigenvalue weighted by Crippen LogP contribution is 2.63. The highest BCUT2D eigenvalue weighted by Gasteiger charge is 2.50. The molecule has 0 aliphatic carbocycles. The summed E-state index contributed by atoms with van der Waals surface area (Å²) in [5.41, 5.74) is 9.84. The third kappa shape index (κ3) is 8.70. The Morgan fingerprint density at radius 1 is 0.911 bits per heavy atom. The molecule has 8 N–H and O–H groups in total. The van der Waals surface area contributed by atoms with Crippen LogP contribution in [0.4, 0.5) is 23.4 Å². The number of nitrogen functional groups attached to an aromatic ring is 2. The molecule has 3 aromatic heterocycles. The zero-order valence-electron chi connectivity index (χ0n) is 29.5. The van der Waals surface area contributed by atoms with Gasteiger partial charge in [0.1, 0.15) is 42.3 Å². The third-order valence-electron chi connectivity index (χ3n) is 8.46. The molecule has 3 aliphatic heterocycles. The number of nitrogens with two attached hydrogens (primary N) is 2. The number of fused-ring (bicyclic) bond motifs is 2. The summed E-state index contributed by atoms with van der Waals surface area (Å²) in [6, 6.07) is 0. The number of rotatable bonds is 15. The number of phosphoric ester groups is 2. The number of aliphatic hydroxyl groups is 2. The lowest BCUT2D eigenvalue weighted by Gasteiger charge is -2.35. The lowest BCUT2D eigenvalue weighted by Crippen LogP contribution is -2.46. The number of aromatic amines is 2. The van der Waals surface area contributed by atoms with E-state index in [1.165, 1.54) is 9.80 Å². The van der Waals surface area contributed by atoms with Crippen LogP contribution in [0.2, 0.25) is 0 Å². The third-order valence-corrected chi connectivity index (χ3v) is 12.6. The smallest absolute Gasteiger partial charge is 0.280 e. The number of nitrogens with zero attached hydrogens (tertiary/aromatic N) is 6. The molecule has 6 rings (SSSR count). The Hall–Kier alpha value is -3.40. The monoisotopic (exact) mass is 857 g/mol. The van der Waals surface area contributed by atoms with Gasteiger partial charge in [-0.05, 0) is 13.8 Å². The van der Waals surface area contributed by atoms with Gasteiger partial charge in [-0.15, -0.1) is 0 Å². The standard InChI is InChI=1S/C25H39N10O18P3/c1-9(2)49-17-11(51-22(15(17)37)34-7-28-12-18(34)29-24(26)31-20(12)38)6-48-55(42,43)53-56(44,45)52-54(40,41)47-5-10-16(46-4)14(36)23(50-10)35-8-33(3)13-19(35)30-25(27)32-21(13)39/h7,9-11,14-17,22-23,36-37H,5-6,8H2,1-4H3,(H,40,41)(H,42,43)(H,44,45)(H3,26,29,31,38)(H3,27,30,32,39)/p-3/t10-,11-,14?,15+,16+,17?,22-,23-/m1/s1. The number of anilines is 4. The zero-order valence-corrected chi connectivity index (χ0v) is 32.2. The summed E-state index contributed by atoms with van der Waals surface area (Å²) >= 11 is 0. The van der Waals surface area contributed by atoms with Crippen molar-refractivity contribution in [3.8, 4) is 0 Å². The number of hydrogen-bond acceptors (Lipinski definition) is 25. The van der Waals surface area contributed by atoms with Crippen molar-refractivity contribution in [3.63, 3.8) is 0 Å². The molecule has 28 nitrogen and oxygen atoms in total. The Kier molecular flexibility index (Phi) is 11.9. The van der Waals surface area contributed by atoms with E-state index < -0.39 is 103 Å². The number of ether oxygens (including phenoxy) is 4. The number of aliphatic hydroxyl groups excluding tert-OH is 2. The average molecular weight is 858 g/mol. The lowest BCUT2D eigenvalue weighted by molar-refractivity contribution is -0.252. The van der Waals surface area contributed by atoms with E-state index in [1.54, 1.807) is 20.9 Å². The van der Waals surface area contributed by atoms with Crippen molar-refractivity contribution in [2.75, 3.05) is 55.3 Å². The van der Waals surface area contributed by atoms with E-state index in [2.05, 4.69) is 42.6 Å². The number of aromatic nitrogens is 6. The fourth-order valence-corrected chi connectivity index (χ4v) is 9.70. The van der Waals surface area contributed by atoms with Crippen LogP contribution in [0.25, 0.3) is 11.2 Å². The van der Waals surface area contributed by atoms with Gasteiger partial charge < -0.3 is 74.2 Å². The number of H-pyrrole nitrogens is 2. The Morgan fingerprint density at radius 3 is 2.07 bits per heavy atom. The topological polar surface area (TPSA) is 403 Å². The fraction of sp³-hybridized carbons (Fsp3) is 0.640. The number of methoxy groups -OCH3 is 1. The second kappa shape index (κ2) is 15.7. The van der Waals surface area contributed by atoms with Gasteiger partial charge in [0.05, 0.1) is 32.3 Å². The fourth-order valence-electron chi connectivity index (χ4n) is 6.32. The van der Waals surface area contributed by atoms with Crippen molar-refractivity contribution in [1.29, 1.82) is 0 Å². The van der Waals surface area contributed by atoms with E-state index in [0.29, 0.717) is 0 Å². The maximum atomic E-state index is 12.6. The van der Waals surface area contributed by atoms with Crippen molar-refractivity contribution in [3.05, 3.63) is 27.0 Å². The van der Waals surface area contributed by atoms with E-state index in [4.69, 9.17) is 30.4 Å². The van der Waals surface area contributed by atoms with E-state index >= 15 is 0 Å². The Balaban J connectivity index is 1.07. The summed E-state index contributed by atoms with van der Waals surface area (Å²) in [5.74, 6) is -0.488. The van der Waals surface area contributed by atoms with Crippen LogP contribution in [0.15, 0.2) is 15.9 Å². The average Bonchev–Trinajstić information content (AvgIpc) is 3.80. The molecule has 3 aliphatic rings. The number of nitrogens with one attached hydrogen (secondary N) is 2. The first-order valence-electron chi connectivity index (χ1n) is 16.2. The Morgan fingerprint density at radius 2 is 1.46 bits per heavy atom. The minimum Gasteiger partial charge on any atom is -0.756 e. The maximum absolute atomic E-state index is 12.6. The SMILES string of the molecule is CO[C@@H]1C(O)[C@H](N2CN(C)c3c2nc(N)[nH]c3=O)O[C@@H]1COP(=O)([O-])OP(=O)([O-])OP(=O)([O-])OC[C@H]1O[C@@H](n2cnc3c(=O)[nH]c(N)nc32)[C@@H](O)C1OC(C)C. The Bertz CT molecular complexity index is 2210. The molecule has 0 saturated carbocycles. The molecule has 0 radical (unpaired) electrons. The molecule has 0 amide bonds. The van der Waals surface area contributed by atoms with Gasteiger partial charge in [-0.3, -0.25) is 37.8 Å². The first-order valence-corrected chi connectivity index (χ1v) is 20.6. The van der Waals surface area contributed by atoms with Crippen LogP contribution in [-0.4, -0.2) is 123 Å². The second-order valence-electron chi connectivity index (χ2n) is 12.8. The molecule has 0 bridgehead atoms. The predicted molar refractivity (Wildman–Crippen MR) is 180 cm³/mol. The van der Waals surface area contributed by atoms with E-state index in [9.17, 15) is 48.2 Å². The maximum Gasteiger partial charge on any atom is 0.280 e. The molecule has 56 heavy (non-hydrogen) atoms. The van der Waals surface area contributed by atoms with Crippen molar-refractivity contribution in [2.24, 2.45) is 0 Å². The summed E-state index contributed by atoms with van der Waals surface area (Å²) in [6.45, 7) is 1.06. The van der Waals surface area contributed by atoms with Crippen molar-refractivity contribution in [2.45, 2.75) is 69.0 Å². The molecule has 5 unspecified atom stereocenters. The van der Waals surface area contributed by atoms with Crippen LogP contribution in [0.1, 0.15) is 20.1 Å². The predicted octanol–water partition coefficient (Wildman–Crippen LogP) is -4.09. The molecular formula is C25H36N10O18P3-3. The summed E-state index contributed by atoms with van der Waals surface area (Å²) < 4.78 is 78.4. The molecule has 312 valence electrons. The largest absolute Gasteiger partial charge is 0.756 e. The molecule has 2 fully saturated rings. The van der Waals surface area contributed by atoms with Crippen LogP contribution < -0.4 is 47.1 Å². The number of imidazole rings is 1. The van der Waals surface area contributed by atoms with Gasteiger partial charge >= 0.3 is 0 Å². The normalized spacial score (nSPS) is 29.8. The summed E-state index contributed by atoms with van der Waals surface area (Å²) in [6.07, 6.45) is -10.7. The van der Waals surface area contributed by atoms with Crippen LogP contribution in [-0.2, 0) is 50.3 Å². The first kappa shape index (κ1) is 42.2. The molecule has 11 atom stereocenters. The van der Waals surface area contributed by atoms with Gasteiger partial charge in [-0.1, -0.05) is 0 Å². The van der Waals surface area contributed by atoms with E-state index in [1.807, 2.05) is 0 Å². The second-order valence-corrected chi connectivity index (χ2v) is 17.3. The molecule has 2 saturated heterocycles. The summed E-state index contributed by atoms with van der Waals surface area (Å²) in [4.78, 5) is 81.7. The molecule has 0 spiro atoms. The van der Waals surface area contributed by atoms with E-state index in [0.717, 1.165) is 18.0 Å².